The molecular weight excluding hydrogens is 302 g/mol. The lowest BCUT2D eigenvalue weighted by molar-refractivity contribution is 0.179. The van der Waals surface area contributed by atoms with Gasteiger partial charge in [-0.2, -0.15) is 0 Å². The third kappa shape index (κ3) is 4.98. The Bertz CT molecular complexity index is 643. The summed E-state index contributed by atoms with van der Waals surface area (Å²) in [6.07, 6.45) is 3.35. The maximum atomic E-state index is 12.3. The third-order valence-corrected chi connectivity index (χ3v) is 3.99. The molecule has 2 rings (SSSR count). The number of carbonyl (C=O) groups excluding carboxylic acids is 1. The predicted octanol–water partition coefficient (Wildman–Crippen LogP) is 3.56. The monoisotopic (exact) mass is 327 g/mol. The van der Waals surface area contributed by atoms with Crippen LogP contribution >= 0.6 is 0 Å². The smallest absolute Gasteiger partial charge is 0.317 e. The zero-order valence-corrected chi connectivity index (χ0v) is 14.7. The van der Waals surface area contributed by atoms with E-state index in [4.69, 9.17) is 4.74 Å². The summed E-state index contributed by atoms with van der Waals surface area (Å²) in [7, 11) is 1.78. The zero-order chi connectivity index (χ0) is 17.5. The molecule has 0 bridgehead atoms. The van der Waals surface area contributed by atoms with Gasteiger partial charge in [-0.25, -0.2) is 4.79 Å². The Labute approximate surface area is 143 Å². The molecule has 0 saturated carbocycles. The van der Waals surface area contributed by atoms with Crippen molar-refractivity contribution in [2.45, 2.75) is 32.9 Å². The largest absolute Gasteiger partial charge is 0.489 e. The first kappa shape index (κ1) is 17.8. The second-order valence-corrected chi connectivity index (χ2v) is 5.99. The van der Waals surface area contributed by atoms with Gasteiger partial charge in [-0.15, -0.1) is 0 Å². The van der Waals surface area contributed by atoms with Crippen molar-refractivity contribution in [2.75, 3.05) is 13.6 Å². The van der Waals surface area contributed by atoms with Crippen LogP contribution in [0.4, 0.5) is 4.79 Å². The molecular formula is C19H25N3O2. The van der Waals surface area contributed by atoms with Gasteiger partial charge >= 0.3 is 6.03 Å². The Morgan fingerprint density at radius 3 is 2.42 bits per heavy atom. The summed E-state index contributed by atoms with van der Waals surface area (Å²) < 4.78 is 5.80. The van der Waals surface area contributed by atoms with Crippen LogP contribution in [0.15, 0.2) is 48.8 Å². The Morgan fingerprint density at radius 2 is 1.79 bits per heavy atom. The standard InChI is InChI=1S/C19H25N3O2/c1-14-5-7-18(8-6-14)24-15(2)13-21-19(23)22(4)16(3)17-9-11-20-12-10-17/h5-12,15-16H,13H2,1-4H3,(H,21,23)/t15-,16+/m1/s1. The first-order valence-electron chi connectivity index (χ1n) is 8.11. The van der Waals surface area contributed by atoms with Crippen LogP contribution in [0.3, 0.4) is 0 Å². The molecule has 5 heteroatoms. The van der Waals surface area contributed by atoms with Gasteiger partial charge in [0.15, 0.2) is 0 Å². The number of hydrogen-bond donors (Lipinski definition) is 1. The number of rotatable bonds is 6. The van der Waals surface area contributed by atoms with E-state index in [0.717, 1.165) is 11.3 Å². The fourth-order valence-electron chi connectivity index (χ4n) is 2.29. The molecule has 1 heterocycles. The second-order valence-electron chi connectivity index (χ2n) is 5.99. The molecule has 0 fully saturated rings. The minimum Gasteiger partial charge on any atom is -0.489 e. The van der Waals surface area contributed by atoms with Gasteiger partial charge in [-0.3, -0.25) is 4.98 Å². The maximum Gasteiger partial charge on any atom is 0.317 e. The van der Waals surface area contributed by atoms with Crippen LogP contribution < -0.4 is 10.1 Å². The summed E-state index contributed by atoms with van der Waals surface area (Å²) in [5.74, 6) is 0.806. The molecule has 0 unspecified atom stereocenters. The van der Waals surface area contributed by atoms with Crippen LogP contribution in [-0.2, 0) is 0 Å². The molecule has 0 saturated heterocycles. The van der Waals surface area contributed by atoms with Gasteiger partial charge in [0.05, 0.1) is 12.6 Å². The SMILES string of the molecule is Cc1ccc(O[C@H](C)CNC(=O)N(C)[C@@H](C)c2ccncc2)cc1. The van der Waals surface area contributed by atoms with E-state index in [1.807, 2.05) is 57.2 Å². The highest BCUT2D eigenvalue weighted by Crippen LogP contribution is 2.17. The normalized spacial score (nSPS) is 13.0. The predicted molar refractivity (Wildman–Crippen MR) is 95.1 cm³/mol. The quantitative estimate of drug-likeness (QED) is 0.882. The number of aromatic nitrogens is 1. The summed E-state index contributed by atoms with van der Waals surface area (Å²) in [4.78, 5) is 18.0. The number of nitrogens with zero attached hydrogens (tertiary/aromatic N) is 2. The molecule has 1 aromatic carbocycles. The highest BCUT2D eigenvalue weighted by molar-refractivity contribution is 5.74. The van der Waals surface area contributed by atoms with Gasteiger partial charge < -0.3 is 15.0 Å². The number of nitrogens with one attached hydrogen (secondary N) is 1. The van der Waals surface area contributed by atoms with Crippen molar-refractivity contribution in [3.05, 3.63) is 59.9 Å². The van der Waals surface area contributed by atoms with Gasteiger partial charge in [0.25, 0.3) is 0 Å². The van der Waals surface area contributed by atoms with E-state index in [1.54, 1.807) is 24.3 Å². The molecule has 5 nitrogen and oxygen atoms in total. The van der Waals surface area contributed by atoms with Gasteiger partial charge in [0.1, 0.15) is 11.9 Å². The molecule has 0 aliphatic heterocycles. The Hall–Kier alpha value is -2.56. The van der Waals surface area contributed by atoms with Crippen LogP contribution in [0.5, 0.6) is 5.75 Å². The van der Waals surface area contributed by atoms with Crippen molar-refractivity contribution in [1.82, 2.24) is 15.2 Å². The zero-order valence-electron chi connectivity index (χ0n) is 14.7. The maximum absolute atomic E-state index is 12.3. The van der Waals surface area contributed by atoms with Crippen LogP contribution in [0.25, 0.3) is 0 Å². The van der Waals surface area contributed by atoms with E-state index >= 15 is 0 Å². The average molecular weight is 327 g/mol. The first-order valence-corrected chi connectivity index (χ1v) is 8.11. The van der Waals surface area contributed by atoms with Crippen LogP contribution in [-0.4, -0.2) is 35.6 Å². The van der Waals surface area contributed by atoms with E-state index in [9.17, 15) is 4.79 Å². The van der Waals surface area contributed by atoms with Crippen LogP contribution in [0.1, 0.15) is 31.0 Å². The molecule has 0 radical (unpaired) electrons. The number of carbonyl (C=O) groups is 1. The van der Waals surface area contributed by atoms with E-state index in [2.05, 4.69) is 10.3 Å². The molecule has 0 spiro atoms. The second kappa shape index (κ2) is 8.34. The van der Waals surface area contributed by atoms with Crippen molar-refractivity contribution in [2.24, 2.45) is 0 Å². The number of aryl methyl sites for hydroxylation is 1. The molecule has 1 aromatic heterocycles. The number of pyridine rings is 1. The summed E-state index contributed by atoms with van der Waals surface area (Å²) in [5.41, 5.74) is 2.24. The highest BCUT2D eigenvalue weighted by atomic mass is 16.5. The summed E-state index contributed by atoms with van der Waals surface area (Å²) >= 11 is 0. The fraction of sp³-hybridized carbons (Fsp3) is 0.368. The summed E-state index contributed by atoms with van der Waals surface area (Å²) in [6.45, 7) is 6.40. The number of urea groups is 1. The van der Waals surface area contributed by atoms with Gasteiger partial charge in [-0.05, 0) is 50.6 Å². The van der Waals surface area contributed by atoms with E-state index in [1.165, 1.54) is 5.56 Å². The minimum absolute atomic E-state index is 0.0266. The van der Waals surface area contributed by atoms with E-state index < -0.39 is 0 Å². The number of amides is 2. The lowest BCUT2D eigenvalue weighted by Crippen LogP contribution is -2.42. The average Bonchev–Trinajstić information content (AvgIpc) is 2.61. The van der Waals surface area contributed by atoms with Crippen molar-refractivity contribution >= 4 is 6.03 Å². The molecule has 2 amide bonds. The molecule has 2 atom stereocenters. The van der Waals surface area contributed by atoms with Crippen LogP contribution in [0, 0.1) is 6.92 Å². The Kier molecular flexibility index (Phi) is 6.18. The number of benzene rings is 1. The van der Waals surface area contributed by atoms with E-state index in [-0.39, 0.29) is 18.2 Å². The lowest BCUT2D eigenvalue weighted by Gasteiger charge is -2.26. The molecule has 0 aliphatic rings. The molecule has 2 aromatic rings. The molecule has 24 heavy (non-hydrogen) atoms. The van der Waals surface area contributed by atoms with Crippen molar-refractivity contribution in [3.8, 4) is 5.75 Å². The van der Waals surface area contributed by atoms with E-state index in [0.29, 0.717) is 6.54 Å². The van der Waals surface area contributed by atoms with Gasteiger partial charge in [0, 0.05) is 19.4 Å². The van der Waals surface area contributed by atoms with Crippen molar-refractivity contribution in [3.63, 3.8) is 0 Å². The summed E-state index contributed by atoms with van der Waals surface area (Å²) in [6, 6.07) is 11.6. The molecule has 0 aliphatic carbocycles. The fourth-order valence-corrected chi connectivity index (χ4v) is 2.29. The summed E-state index contributed by atoms with van der Waals surface area (Å²) in [5, 5.41) is 2.91. The highest BCUT2D eigenvalue weighted by Gasteiger charge is 2.17. The number of ether oxygens (including phenoxy) is 1. The lowest BCUT2D eigenvalue weighted by atomic mass is 10.1. The Balaban J connectivity index is 1.82. The minimum atomic E-state index is -0.126. The van der Waals surface area contributed by atoms with Crippen molar-refractivity contribution < 1.29 is 9.53 Å². The van der Waals surface area contributed by atoms with Gasteiger partial charge in [0.2, 0.25) is 0 Å². The van der Waals surface area contributed by atoms with Crippen LogP contribution in [0.2, 0.25) is 0 Å². The third-order valence-electron chi connectivity index (χ3n) is 3.99. The topological polar surface area (TPSA) is 54.5 Å². The Morgan fingerprint density at radius 1 is 1.17 bits per heavy atom. The number of hydrogen-bond acceptors (Lipinski definition) is 3. The molecule has 128 valence electrons. The van der Waals surface area contributed by atoms with Gasteiger partial charge in [-0.1, -0.05) is 17.7 Å². The first-order chi connectivity index (χ1) is 11.5. The molecule has 1 N–H and O–H groups in total. The van der Waals surface area contributed by atoms with Crippen molar-refractivity contribution in [1.29, 1.82) is 0 Å².